The quantitative estimate of drug-likeness (QED) is 0.454. The Balaban J connectivity index is 1.55. The topological polar surface area (TPSA) is 76.2 Å². The van der Waals surface area contributed by atoms with Gasteiger partial charge in [-0.25, -0.2) is 4.98 Å². The van der Waals surface area contributed by atoms with Gasteiger partial charge in [0.2, 0.25) is 5.91 Å². The number of nitrogens with one attached hydrogen (secondary N) is 2. The van der Waals surface area contributed by atoms with Crippen LogP contribution in [0, 0.1) is 13.8 Å². The number of aryl methyl sites for hydroxylation is 2. The zero-order valence-electron chi connectivity index (χ0n) is 17.3. The molecule has 4 aromatic rings. The molecule has 2 N–H and O–H groups in total. The summed E-state index contributed by atoms with van der Waals surface area (Å²) in [6.45, 7) is 3.98. The van der Waals surface area contributed by atoms with E-state index < -0.39 is 0 Å². The summed E-state index contributed by atoms with van der Waals surface area (Å²) in [4.78, 5) is 21.7. The summed E-state index contributed by atoms with van der Waals surface area (Å²) in [5, 5.41) is 4.61. The fourth-order valence-electron chi connectivity index (χ4n) is 3.59. The third-order valence-electron chi connectivity index (χ3n) is 5.06. The molecule has 6 nitrogen and oxygen atoms in total. The minimum Gasteiger partial charge on any atom is -0.493 e. The van der Waals surface area contributed by atoms with Gasteiger partial charge in [-0.05, 0) is 43.7 Å². The van der Waals surface area contributed by atoms with Gasteiger partial charge in [0.05, 0.1) is 26.3 Å². The van der Waals surface area contributed by atoms with Crippen LogP contribution < -0.4 is 14.8 Å². The fourth-order valence-corrected chi connectivity index (χ4v) is 4.44. The summed E-state index contributed by atoms with van der Waals surface area (Å²) >= 11 is 1.46. The van der Waals surface area contributed by atoms with Crippen LogP contribution in [-0.4, -0.2) is 30.1 Å². The van der Waals surface area contributed by atoms with Gasteiger partial charge in [0, 0.05) is 27.0 Å². The molecular weight excluding hydrogens is 398 g/mol. The fraction of sp³-hybridized carbons (Fsp3) is 0.217. The van der Waals surface area contributed by atoms with Crippen LogP contribution in [0.15, 0.2) is 42.5 Å². The number of rotatable bonds is 6. The molecule has 2 aromatic carbocycles. The lowest BCUT2D eigenvalue weighted by Gasteiger charge is -2.08. The van der Waals surface area contributed by atoms with Gasteiger partial charge in [0.25, 0.3) is 0 Å². The second-order valence-electron chi connectivity index (χ2n) is 6.99. The van der Waals surface area contributed by atoms with Crippen molar-refractivity contribution in [1.29, 1.82) is 0 Å². The second-order valence-corrected chi connectivity index (χ2v) is 8.20. The number of H-pyrrole nitrogens is 1. The number of hydrogen-bond donors (Lipinski definition) is 2. The molecule has 4 rings (SSSR count). The number of benzene rings is 2. The monoisotopic (exact) mass is 421 g/mol. The van der Waals surface area contributed by atoms with E-state index in [1.807, 2.05) is 56.3 Å². The van der Waals surface area contributed by atoms with Crippen molar-refractivity contribution >= 4 is 33.3 Å². The van der Waals surface area contributed by atoms with Gasteiger partial charge >= 0.3 is 0 Å². The molecule has 154 valence electrons. The van der Waals surface area contributed by atoms with Crippen molar-refractivity contribution in [1.82, 2.24) is 9.97 Å². The number of methoxy groups -OCH3 is 2. The average molecular weight is 422 g/mol. The summed E-state index contributed by atoms with van der Waals surface area (Å²) in [5.74, 6) is 1.22. The Morgan fingerprint density at radius 3 is 2.63 bits per heavy atom. The Hall–Kier alpha value is -3.32. The van der Waals surface area contributed by atoms with Gasteiger partial charge in [0.15, 0.2) is 16.6 Å². The van der Waals surface area contributed by atoms with Crippen LogP contribution in [0.4, 0.5) is 5.13 Å². The summed E-state index contributed by atoms with van der Waals surface area (Å²) in [5.41, 5.74) is 4.79. The molecule has 0 unspecified atom stereocenters. The van der Waals surface area contributed by atoms with E-state index in [-0.39, 0.29) is 5.91 Å². The van der Waals surface area contributed by atoms with Crippen molar-refractivity contribution in [2.75, 3.05) is 19.5 Å². The Labute approximate surface area is 178 Å². The van der Waals surface area contributed by atoms with E-state index in [0.29, 0.717) is 23.1 Å². The van der Waals surface area contributed by atoms with Crippen molar-refractivity contribution in [2.24, 2.45) is 0 Å². The zero-order chi connectivity index (χ0) is 21.3. The number of aromatic amines is 1. The number of carbonyl (C=O) groups excluding carboxylic acids is 1. The highest BCUT2D eigenvalue weighted by Gasteiger charge is 2.16. The van der Waals surface area contributed by atoms with Gasteiger partial charge in [-0.15, -0.1) is 11.3 Å². The van der Waals surface area contributed by atoms with Crippen LogP contribution in [0.5, 0.6) is 11.5 Å². The maximum atomic E-state index is 12.7. The van der Waals surface area contributed by atoms with Gasteiger partial charge in [0.1, 0.15) is 0 Å². The predicted octanol–water partition coefficient (Wildman–Crippen LogP) is 5.11. The Bertz CT molecular complexity index is 1230. The van der Waals surface area contributed by atoms with Crippen molar-refractivity contribution < 1.29 is 14.3 Å². The maximum absolute atomic E-state index is 12.7. The number of anilines is 1. The van der Waals surface area contributed by atoms with Gasteiger partial charge < -0.3 is 19.8 Å². The summed E-state index contributed by atoms with van der Waals surface area (Å²) in [6, 6.07) is 13.7. The standard InChI is InChI=1S/C23H23N3O3S/c1-13-17(16-7-5-6-8-18(16)24-13)12-21(27)25-23-26-22(14(2)30-23)15-9-10-19(28-3)20(11-15)29-4/h5-11,24H,12H2,1-4H3,(H,25,26,27). The SMILES string of the molecule is COc1ccc(-c2nc(NC(=O)Cc3c(C)[nH]c4ccccc34)sc2C)cc1OC. The van der Waals surface area contributed by atoms with E-state index in [4.69, 9.17) is 9.47 Å². The van der Waals surface area contributed by atoms with Crippen molar-refractivity contribution in [3.8, 4) is 22.8 Å². The number of carbonyl (C=O) groups is 1. The first-order chi connectivity index (χ1) is 14.5. The van der Waals surface area contributed by atoms with Crippen LogP contribution in [0.3, 0.4) is 0 Å². The largest absolute Gasteiger partial charge is 0.493 e. The van der Waals surface area contributed by atoms with Gasteiger partial charge in [-0.1, -0.05) is 18.2 Å². The average Bonchev–Trinajstić information content (AvgIpc) is 3.26. The number of nitrogens with zero attached hydrogens (tertiary/aromatic N) is 1. The highest BCUT2D eigenvalue weighted by Crippen LogP contribution is 2.36. The molecule has 0 fully saturated rings. The van der Waals surface area contributed by atoms with Crippen LogP contribution in [0.25, 0.3) is 22.2 Å². The zero-order valence-corrected chi connectivity index (χ0v) is 18.1. The van der Waals surface area contributed by atoms with Crippen LogP contribution in [-0.2, 0) is 11.2 Å². The number of thiazole rings is 1. The normalized spacial score (nSPS) is 10.9. The minimum absolute atomic E-state index is 0.0875. The molecule has 0 saturated heterocycles. The van der Waals surface area contributed by atoms with E-state index in [9.17, 15) is 4.79 Å². The van der Waals surface area contributed by atoms with E-state index in [0.717, 1.165) is 38.3 Å². The van der Waals surface area contributed by atoms with E-state index in [1.165, 1.54) is 11.3 Å². The summed E-state index contributed by atoms with van der Waals surface area (Å²) in [6.07, 6.45) is 0.292. The van der Waals surface area contributed by atoms with Crippen molar-refractivity contribution in [3.63, 3.8) is 0 Å². The van der Waals surface area contributed by atoms with Gasteiger partial charge in [-0.3, -0.25) is 4.79 Å². The molecule has 0 aliphatic heterocycles. The molecule has 2 heterocycles. The third-order valence-corrected chi connectivity index (χ3v) is 5.95. The first kappa shape index (κ1) is 20.0. The van der Waals surface area contributed by atoms with Crippen LogP contribution in [0.1, 0.15) is 16.1 Å². The number of aromatic nitrogens is 2. The van der Waals surface area contributed by atoms with Crippen LogP contribution in [0.2, 0.25) is 0 Å². The number of ether oxygens (including phenoxy) is 2. The molecule has 0 atom stereocenters. The third kappa shape index (κ3) is 3.76. The highest BCUT2D eigenvalue weighted by molar-refractivity contribution is 7.16. The molecule has 0 spiro atoms. The molecule has 30 heavy (non-hydrogen) atoms. The van der Waals surface area contributed by atoms with E-state index in [1.54, 1.807) is 14.2 Å². The smallest absolute Gasteiger partial charge is 0.230 e. The molecule has 7 heteroatoms. The second kappa shape index (κ2) is 8.20. The molecule has 0 saturated carbocycles. The summed E-state index contributed by atoms with van der Waals surface area (Å²) < 4.78 is 10.7. The highest BCUT2D eigenvalue weighted by atomic mass is 32.1. The van der Waals surface area contributed by atoms with E-state index in [2.05, 4.69) is 15.3 Å². The molecule has 1 amide bonds. The Morgan fingerprint density at radius 1 is 1.10 bits per heavy atom. The minimum atomic E-state index is -0.0875. The lowest BCUT2D eigenvalue weighted by atomic mass is 10.1. The Morgan fingerprint density at radius 2 is 1.87 bits per heavy atom. The Kier molecular flexibility index (Phi) is 5.46. The van der Waals surface area contributed by atoms with Crippen molar-refractivity contribution in [3.05, 3.63) is 58.6 Å². The first-order valence-electron chi connectivity index (χ1n) is 9.56. The molecule has 0 aliphatic rings. The lowest BCUT2D eigenvalue weighted by molar-refractivity contribution is -0.115. The molecule has 2 aromatic heterocycles. The molecule has 0 bridgehead atoms. The van der Waals surface area contributed by atoms with Crippen molar-refractivity contribution in [2.45, 2.75) is 20.3 Å². The van der Waals surface area contributed by atoms with Crippen LogP contribution >= 0.6 is 11.3 Å². The first-order valence-corrected chi connectivity index (χ1v) is 10.4. The van der Waals surface area contributed by atoms with Gasteiger partial charge in [-0.2, -0.15) is 0 Å². The molecule has 0 aliphatic carbocycles. The number of para-hydroxylation sites is 1. The number of hydrogen-bond acceptors (Lipinski definition) is 5. The van der Waals surface area contributed by atoms with E-state index >= 15 is 0 Å². The molecular formula is C23H23N3O3S. The lowest BCUT2D eigenvalue weighted by Crippen LogP contribution is -2.14. The number of fused-ring (bicyclic) bond motifs is 1. The molecule has 0 radical (unpaired) electrons. The summed E-state index contributed by atoms with van der Waals surface area (Å²) in [7, 11) is 3.21. The predicted molar refractivity (Wildman–Crippen MR) is 121 cm³/mol. The number of amides is 1. The maximum Gasteiger partial charge on any atom is 0.230 e.